The van der Waals surface area contributed by atoms with Gasteiger partial charge in [-0.2, -0.15) is 10.1 Å². The predicted octanol–water partition coefficient (Wildman–Crippen LogP) is 3.55. The monoisotopic (exact) mass is 471 g/mol. The normalized spacial score (nSPS) is 15.7. The van der Waals surface area contributed by atoms with E-state index in [9.17, 15) is 4.79 Å². The van der Waals surface area contributed by atoms with Gasteiger partial charge in [0.15, 0.2) is 0 Å². The van der Waals surface area contributed by atoms with Gasteiger partial charge in [0.05, 0.1) is 24.0 Å². The lowest BCUT2D eigenvalue weighted by molar-refractivity contribution is -0.117. The molecule has 1 unspecified atom stereocenters. The Morgan fingerprint density at radius 1 is 1.03 bits per heavy atom. The highest BCUT2D eigenvalue weighted by Crippen LogP contribution is 2.23. The third-order valence-electron chi connectivity index (χ3n) is 6.25. The quantitative estimate of drug-likeness (QED) is 0.441. The topological polar surface area (TPSA) is 92.3 Å². The lowest BCUT2D eigenvalue weighted by Gasteiger charge is -2.36. The van der Waals surface area contributed by atoms with Crippen molar-refractivity contribution in [2.75, 3.05) is 38.0 Å². The number of carbonyl (C=O) groups is 1. The molecule has 1 aliphatic heterocycles. The summed E-state index contributed by atoms with van der Waals surface area (Å²) in [4.78, 5) is 21.9. The van der Waals surface area contributed by atoms with Gasteiger partial charge in [-0.3, -0.25) is 14.6 Å². The SMILES string of the molecule is Cc1cc(NC(=O)CN2CCN(C(C)c3nc(-c4ccccc4)no3)CC2)n(-c2ccccc2)n1. The van der Waals surface area contributed by atoms with Crippen molar-refractivity contribution in [3.63, 3.8) is 0 Å². The van der Waals surface area contributed by atoms with Crippen molar-refractivity contribution in [2.45, 2.75) is 19.9 Å². The number of para-hydroxylation sites is 1. The predicted molar refractivity (Wildman–Crippen MR) is 133 cm³/mol. The van der Waals surface area contributed by atoms with Crippen molar-refractivity contribution in [1.82, 2.24) is 29.7 Å². The molecule has 1 N–H and O–H groups in total. The summed E-state index contributed by atoms with van der Waals surface area (Å²) in [6.45, 7) is 7.54. The molecule has 1 saturated heterocycles. The smallest absolute Gasteiger partial charge is 0.244 e. The maximum atomic E-state index is 12.8. The molecule has 4 aromatic rings. The summed E-state index contributed by atoms with van der Waals surface area (Å²) in [5.74, 6) is 1.84. The van der Waals surface area contributed by atoms with E-state index in [2.05, 4.69) is 37.3 Å². The number of amides is 1. The molecule has 180 valence electrons. The average Bonchev–Trinajstić information content (AvgIpc) is 3.52. The molecule has 0 spiro atoms. The Balaban J connectivity index is 1.15. The van der Waals surface area contributed by atoms with Gasteiger partial charge in [-0.1, -0.05) is 53.7 Å². The number of rotatable bonds is 7. The summed E-state index contributed by atoms with van der Waals surface area (Å²) < 4.78 is 7.32. The van der Waals surface area contributed by atoms with Gasteiger partial charge in [0.1, 0.15) is 5.82 Å². The van der Waals surface area contributed by atoms with Crippen LogP contribution in [0.15, 0.2) is 71.3 Å². The van der Waals surface area contributed by atoms with Gasteiger partial charge in [-0.05, 0) is 26.0 Å². The second kappa shape index (κ2) is 10.2. The fourth-order valence-corrected chi connectivity index (χ4v) is 4.31. The number of piperazine rings is 1. The van der Waals surface area contributed by atoms with Crippen LogP contribution in [-0.4, -0.2) is 68.4 Å². The summed E-state index contributed by atoms with van der Waals surface area (Å²) in [5, 5.41) is 11.7. The van der Waals surface area contributed by atoms with E-state index < -0.39 is 0 Å². The molecule has 1 fully saturated rings. The van der Waals surface area contributed by atoms with Gasteiger partial charge in [0.2, 0.25) is 17.6 Å². The molecule has 1 aliphatic rings. The summed E-state index contributed by atoms with van der Waals surface area (Å²) in [5.41, 5.74) is 2.70. The van der Waals surface area contributed by atoms with Crippen LogP contribution in [0.1, 0.15) is 24.6 Å². The van der Waals surface area contributed by atoms with Crippen LogP contribution in [0.5, 0.6) is 0 Å². The Labute approximate surface area is 204 Å². The highest BCUT2D eigenvalue weighted by Gasteiger charge is 2.27. The number of nitrogens with one attached hydrogen (secondary N) is 1. The third kappa shape index (κ3) is 5.31. The van der Waals surface area contributed by atoms with Crippen LogP contribution in [-0.2, 0) is 4.79 Å². The van der Waals surface area contributed by atoms with Crippen LogP contribution in [0.25, 0.3) is 17.1 Å². The first-order valence-electron chi connectivity index (χ1n) is 11.8. The van der Waals surface area contributed by atoms with Crippen molar-refractivity contribution in [3.8, 4) is 17.1 Å². The summed E-state index contributed by atoms with van der Waals surface area (Å²) in [7, 11) is 0. The zero-order valence-corrected chi connectivity index (χ0v) is 20.0. The lowest BCUT2D eigenvalue weighted by Crippen LogP contribution is -2.49. The summed E-state index contributed by atoms with van der Waals surface area (Å²) >= 11 is 0. The molecule has 2 aromatic heterocycles. The van der Waals surface area contributed by atoms with Crippen LogP contribution >= 0.6 is 0 Å². The highest BCUT2D eigenvalue weighted by atomic mass is 16.5. The van der Waals surface area contributed by atoms with Gasteiger partial charge < -0.3 is 9.84 Å². The van der Waals surface area contributed by atoms with Crippen molar-refractivity contribution >= 4 is 11.7 Å². The highest BCUT2D eigenvalue weighted by molar-refractivity contribution is 5.91. The molecule has 0 saturated carbocycles. The van der Waals surface area contributed by atoms with Gasteiger partial charge in [-0.15, -0.1) is 0 Å². The molecule has 1 amide bonds. The minimum absolute atomic E-state index is 0.0131. The van der Waals surface area contributed by atoms with E-state index in [0.29, 0.717) is 24.1 Å². The van der Waals surface area contributed by atoms with E-state index >= 15 is 0 Å². The molecule has 2 aromatic carbocycles. The number of hydrogen-bond donors (Lipinski definition) is 1. The molecule has 0 radical (unpaired) electrons. The van der Waals surface area contributed by atoms with Gasteiger partial charge in [0.25, 0.3) is 0 Å². The van der Waals surface area contributed by atoms with Crippen molar-refractivity contribution < 1.29 is 9.32 Å². The molecule has 3 heterocycles. The van der Waals surface area contributed by atoms with Crippen LogP contribution in [0.3, 0.4) is 0 Å². The van der Waals surface area contributed by atoms with E-state index in [0.717, 1.165) is 43.1 Å². The van der Waals surface area contributed by atoms with Crippen molar-refractivity contribution in [2.24, 2.45) is 0 Å². The van der Waals surface area contributed by atoms with Crippen LogP contribution in [0, 0.1) is 6.92 Å². The second-order valence-electron chi connectivity index (χ2n) is 8.78. The first-order valence-corrected chi connectivity index (χ1v) is 11.8. The standard InChI is InChI=1S/C26H29N7O2/c1-19-17-23(33(29-19)22-11-7-4-8-12-22)27-24(34)18-31-13-15-32(16-14-31)20(2)26-28-25(30-35-26)21-9-5-3-6-10-21/h3-12,17,20H,13-16,18H2,1-2H3,(H,27,34). The molecule has 35 heavy (non-hydrogen) atoms. The second-order valence-corrected chi connectivity index (χ2v) is 8.78. The van der Waals surface area contributed by atoms with E-state index in [1.807, 2.05) is 73.7 Å². The molecule has 0 bridgehead atoms. The number of aromatic nitrogens is 4. The van der Waals surface area contributed by atoms with Crippen molar-refractivity contribution in [3.05, 3.63) is 78.3 Å². The first-order chi connectivity index (χ1) is 17.1. The molecular formula is C26H29N7O2. The van der Waals surface area contributed by atoms with Crippen LogP contribution < -0.4 is 5.32 Å². The molecule has 0 aliphatic carbocycles. The Kier molecular flexibility index (Phi) is 6.69. The Bertz CT molecular complexity index is 1260. The zero-order valence-electron chi connectivity index (χ0n) is 20.0. The Morgan fingerprint density at radius 2 is 1.71 bits per heavy atom. The first kappa shape index (κ1) is 22.9. The van der Waals surface area contributed by atoms with Gasteiger partial charge in [0, 0.05) is 37.8 Å². The van der Waals surface area contributed by atoms with Crippen LogP contribution in [0.4, 0.5) is 5.82 Å². The Hall–Kier alpha value is -3.82. The largest absolute Gasteiger partial charge is 0.337 e. The molecule has 5 rings (SSSR count). The number of anilines is 1. The minimum Gasteiger partial charge on any atom is -0.337 e. The molecular weight excluding hydrogens is 442 g/mol. The lowest BCUT2D eigenvalue weighted by atomic mass is 10.2. The van der Waals surface area contributed by atoms with Gasteiger partial charge in [-0.25, -0.2) is 4.68 Å². The fraction of sp³-hybridized carbons (Fsp3) is 0.308. The number of hydrogen-bond acceptors (Lipinski definition) is 7. The maximum absolute atomic E-state index is 12.8. The van der Waals surface area contributed by atoms with E-state index in [1.165, 1.54) is 0 Å². The Morgan fingerprint density at radius 3 is 2.43 bits per heavy atom. The third-order valence-corrected chi connectivity index (χ3v) is 6.25. The maximum Gasteiger partial charge on any atom is 0.244 e. The minimum atomic E-state index is -0.0482. The van der Waals surface area contributed by atoms with E-state index in [-0.39, 0.29) is 11.9 Å². The summed E-state index contributed by atoms with van der Waals surface area (Å²) in [6, 6.07) is 21.5. The number of nitrogens with zero attached hydrogens (tertiary/aromatic N) is 6. The molecule has 1 atom stereocenters. The van der Waals surface area contributed by atoms with E-state index in [4.69, 9.17) is 4.52 Å². The number of benzene rings is 2. The zero-order chi connectivity index (χ0) is 24.2. The molecule has 9 nitrogen and oxygen atoms in total. The van der Waals surface area contributed by atoms with E-state index in [1.54, 1.807) is 4.68 Å². The van der Waals surface area contributed by atoms with Crippen LogP contribution in [0.2, 0.25) is 0 Å². The number of carbonyl (C=O) groups excluding carboxylic acids is 1. The average molecular weight is 472 g/mol. The number of aryl methyl sites for hydroxylation is 1. The summed E-state index contributed by atoms with van der Waals surface area (Å²) in [6.07, 6.45) is 0. The molecule has 9 heteroatoms. The van der Waals surface area contributed by atoms with Gasteiger partial charge >= 0.3 is 0 Å². The fourth-order valence-electron chi connectivity index (χ4n) is 4.31. The van der Waals surface area contributed by atoms with Crippen molar-refractivity contribution in [1.29, 1.82) is 0 Å².